The van der Waals surface area contributed by atoms with Gasteiger partial charge < -0.3 is 14.3 Å². The molecule has 0 aromatic heterocycles. The highest BCUT2D eigenvalue weighted by molar-refractivity contribution is 6.77. The lowest BCUT2D eigenvalue weighted by molar-refractivity contribution is 0.151. The smallest absolute Gasteiger partial charge is 0.256 e. The summed E-state index contributed by atoms with van der Waals surface area (Å²) in [6.45, 7) is 18.8. The van der Waals surface area contributed by atoms with Gasteiger partial charge in [0.05, 0.1) is 13.2 Å². The highest BCUT2D eigenvalue weighted by Gasteiger charge is 2.43. The third-order valence-electron chi connectivity index (χ3n) is 5.33. The maximum atomic E-state index is 10.6. The molecule has 0 fully saturated rings. The molecule has 0 radical (unpaired) electrons. The highest BCUT2D eigenvalue weighted by atomic mass is 28.4. The van der Waals surface area contributed by atoms with Gasteiger partial charge in [0.2, 0.25) is 0 Å². The Labute approximate surface area is 160 Å². The summed E-state index contributed by atoms with van der Waals surface area (Å²) < 4.78 is 12.3. The molecule has 0 spiro atoms. The van der Waals surface area contributed by atoms with Crippen molar-refractivity contribution >= 4 is 8.32 Å². The number of benzene rings is 1. The Kier molecular flexibility index (Phi) is 8.64. The molecule has 0 aliphatic rings. The highest BCUT2D eigenvalue weighted by Crippen LogP contribution is 2.42. The van der Waals surface area contributed by atoms with Crippen molar-refractivity contribution in [1.29, 1.82) is 0 Å². The summed E-state index contributed by atoms with van der Waals surface area (Å²) >= 11 is 0. The Hall–Kier alpha value is -1.52. The van der Waals surface area contributed by atoms with Crippen LogP contribution in [0.1, 0.15) is 52.7 Å². The molecule has 0 aliphatic heterocycles. The van der Waals surface area contributed by atoms with Crippen LogP contribution in [0, 0.1) is 5.92 Å². The average Bonchev–Trinajstić information content (AvgIpc) is 2.61. The van der Waals surface area contributed by atoms with E-state index in [1.54, 1.807) is 19.3 Å². The van der Waals surface area contributed by atoms with Crippen LogP contribution in [0.5, 0.6) is 11.5 Å². The standard InChI is InChI=1S/C22H36O3Si/c1-9-14-26(16(4)5,17(6)7)25-20-13-12-19(15-21(20)24-8)22(23)18(10-2)11-3/h10-13,15-18,22-23H,2-3,9,14H2,1,4-8H3. The summed E-state index contributed by atoms with van der Waals surface area (Å²) in [6, 6.07) is 6.83. The molecule has 0 bridgehead atoms. The zero-order chi connectivity index (χ0) is 19.9. The Morgan fingerprint density at radius 2 is 1.65 bits per heavy atom. The Morgan fingerprint density at radius 3 is 2.08 bits per heavy atom. The van der Waals surface area contributed by atoms with Crippen molar-refractivity contribution in [1.82, 2.24) is 0 Å². The Bertz CT molecular complexity index is 579. The lowest BCUT2D eigenvalue weighted by Crippen LogP contribution is -2.47. The van der Waals surface area contributed by atoms with E-state index >= 15 is 0 Å². The van der Waals surface area contributed by atoms with E-state index in [0.29, 0.717) is 16.8 Å². The normalized spacial score (nSPS) is 13.2. The van der Waals surface area contributed by atoms with Gasteiger partial charge in [-0.3, -0.25) is 0 Å². The summed E-state index contributed by atoms with van der Waals surface area (Å²) in [6.07, 6.45) is 3.82. The van der Waals surface area contributed by atoms with Gasteiger partial charge in [0.1, 0.15) is 5.75 Å². The topological polar surface area (TPSA) is 38.7 Å². The molecule has 0 amide bonds. The molecule has 146 valence electrons. The molecule has 1 unspecified atom stereocenters. The molecular formula is C22H36O3Si. The van der Waals surface area contributed by atoms with Gasteiger partial charge in [0.25, 0.3) is 8.32 Å². The van der Waals surface area contributed by atoms with E-state index in [9.17, 15) is 5.11 Å². The van der Waals surface area contributed by atoms with Crippen LogP contribution in [0.2, 0.25) is 17.1 Å². The molecule has 0 aliphatic carbocycles. The van der Waals surface area contributed by atoms with Crippen molar-refractivity contribution in [3.63, 3.8) is 0 Å². The summed E-state index contributed by atoms with van der Waals surface area (Å²) in [5.74, 6) is 1.24. The number of methoxy groups -OCH3 is 1. The first kappa shape index (κ1) is 22.5. The first-order valence-electron chi connectivity index (χ1n) is 9.57. The minimum atomic E-state index is -1.99. The summed E-state index contributed by atoms with van der Waals surface area (Å²) in [7, 11) is -0.350. The Balaban J connectivity index is 3.28. The molecule has 26 heavy (non-hydrogen) atoms. The SMILES string of the molecule is C=CC(C=C)C(O)c1ccc(O[Si](CCC)(C(C)C)C(C)C)c(OC)c1. The van der Waals surface area contributed by atoms with Gasteiger partial charge in [-0.25, -0.2) is 0 Å². The van der Waals surface area contributed by atoms with E-state index in [1.165, 1.54) is 0 Å². The van der Waals surface area contributed by atoms with Crippen LogP contribution < -0.4 is 9.16 Å². The van der Waals surface area contributed by atoms with Gasteiger partial charge in [0.15, 0.2) is 5.75 Å². The maximum Gasteiger partial charge on any atom is 0.256 e. The minimum Gasteiger partial charge on any atom is -0.540 e. The third-order valence-corrected chi connectivity index (χ3v) is 11.1. The molecule has 1 rings (SSSR count). The number of rotatable bonds is 11. The number of aliphatic hydroxyl groups excluding tert-OH is 1. The number of aliphatic hydroxyl groups is 1. The van der Waals surface area contributed by atoms with Crippen LogP contribution in [-0.2, 0) is 0 Å². The minimum absolute atomic E-state index is 0.202. The van der Waals surface area contributed by atoms with E-state index in [4.69, 9.17) is 9.16 Å². The molecule has 3 nitrogen and oxygen atoms in total. The molecule has 0 saturated heterocycles. The van der Waals surface area contributed by atoms with Crippen molar-refractivity contribution < 1.29 is 14.3 Å². The van der Waals surface area contributed by atoms with Crippen molar-refractivity contribution in [3.8, 4) is 11.5 Å². The fourth-order valence-corrected chi connectivity index (χ4v) is 8.08. The predicted octanol–water partition coefficient (Wildman–Crippen LogP) is 6.27. The van der Waals surface area contributed by atoms with E-state index < -0.39 is 14.4 Å². The van der Waals surface area contributed by atoms with Crippen LogP contribution in [0.3, 0.4) is 0 Å². The molecule has 4 heteroatoms. The number of hydrogen-bond donors (Lipinski definition) is 1. The second-order valence-corrected chi connectivity index (χ2v) is 12.4. The van der Waals surface area contributed by atoms with E-state index in [-0.39, 0.29) is 5.92 Å². The number of ether oxygens (including phenoxy) is 1. The van der Waals surface area contributed by atoms with Crippen LogP contribution in [0.25, 0.3) is 0 Å². The lowest BCUT2D eigenvalue weighted by atomic mass is 9.95. The van der Waals surface area contributed by atoms with Gasteiger partial charge in [-0.1, -0.05) is 59.3 Å². The zero-order valence-corrected chi connectivity index (χ0v) is 18.3. The first-order chi connectivity index (χ1) is 12.3. The quantitative estimate of drug-likeness (QED) is 0.365. The monoisotopic (exact) mass is 376 g/mol. The summed E-state index contributed by atoms with van der Waals surface area (Å²) in [5.41, 5.74) is 1.78. The van der Waals surface area contributed by atoms with E-state index in [1.807, 2.05) is 18.2 Å². The first-order valence-corrected chi connectivity index (χ1v) is 11.8. The number of hydrogen-bond acceptors (Lipinski definition) is 3. The van der Waals surface area contributed by atoms with Gasteiger partial charge in [-0.05, 0) is 34.8 Å². The molecule has 1 aromatic rings. The lowest BCUT2D eigenvalue weighted by Gasteiger charge is -2.39. The maximum absolute atomic E-state index is 10.6. The van der Waals surface area contributed by atoms with Crippen molar-refractivity contribution in [2.45, 2.75) is 64.3 Å². The second kappa shape index (κ2) is 9.98. The summed E-state index contributed by atoms with van der Waals surface area (Å²) in [5, 5.41) is 10.6. The van der Waals surface area contributed by atoms with Crippen LogP contribution in [-0.4, -0.2) is 20.5 Å². The zero-order valence-electron chi connectivity index (χ0n) is 17.3. The van der Waals surface area contributed by atoms with Gasteiger partial charge in [-0.15, -0.1) is 13.2 Å². The van der Waals surface area contributed by atoms with Gasteiger partial charge in [0, 0.05) is 5.92 Å². The van der Waals surface area contributed by atoms with Crippen molar-refractivity contribution in [3.05, 3.63) is 49.1 Å². The average molecular weight is 377 g/mol. The van der Waals surface area contributed by atoms with Gasteiger partial charge >= 0.3 is 0 Å². The molecular weight excluding hydrogens is 340 g/mol. The van der Waals surface area contributed by atoms with Crippen molar-refractivity contribution in [2.24, 2.45) is 5.92 Å². The largest absolute Gasteiger partial charge is 0.540 e. The molecule has 1 aromatic carbocycles. The third kappa shape index (κ3) is 4.80. The molecule has 0 saturated carbocycles. The summed E-state index contributed by atoms with van der Waals surface area (Å²) in [4.78, 5) is 0. The molecule has 1 N–H and O–H groups in total. The fourth-order valence-electron chi connectivity index (χ4n) is 3.65. The van der Waals surface area contributed by atoms with E-state index in [0.717, 1.165) is 23.8 Å². The van der Waals surface area contributed by atoms with Gasteiger partial charge in [-0.2, -0.15) is 0 Å². The van der Waals surface area contributed by atoms with Crippen molar-refractivity contribution in [2.75, 3.05) is 7.11 Å². The Morgan fingerprint density at radius 1 is 1.08 bits per heavy atom. The van der Waals surface area contributed by atoms with Crippen LogP contribution >= 0.6 is 0 Å². The molecule has 0 heterocycles. The van der Waals surface area contributed by atoms with E-state index in [2.05, 4.69) is 47.8 Å². The molecule has 1 atom stereocenters. The van der Waals surface area contributed by atoms with Crippen LogP contribution in [0.4, 0.5) is 0 Å². The predicted molar refractivity (Wildman–Crippen MR) is 114 cm³/mol. The fraction of sp³-hybridized carbons (Fsp3) is 0.545. The van der Waals surface area contributed by atoms with Crippen LogP contribution in [0.15, 0.2) is 43.5 Å². The second-order valence-electron chi connectivity index (χ2n) is 7.52.